The summed E-state index contributed by atoms with van der Waals surface area (Å²) in [5.74, 6) is 1.55. The average Bonchev–Trinajstić information content (AvgIpc) is 2.51. The maximum Gasteiger partial charge on any atom is 0.145 e. The molecule has 0 aromatic carbocycles. The highest BCUT2D eigenvalue weighted by Gasteiger charge is 2.25. The van der Waals surface area contributed by atoms with Crippen LogP contribution in [-0.2, 0) is 4.79 Å². The lowest BCUT2D eigenvalue weighted by Gasteiger charge is -2.13. The van der Waals surface area contributed by atoms with Crippen LogP contribution in [0, 0.1) is 5.92 Å². The molecule has 0 aliphatic carbocycles. The first kappa shape index (κ1) is 12.3. The van der Waals surface area contributed by atoms with Crippen molar-refractivity contribution in [1.29, 1.82) is 0 Å². The molecule has 0 saturated carbocycles. The molecule has 1 rings (SSSR count). The topological polar surface area (TPSA) is 42.9 Å². The van der Waals surface area contributed by atoms with E-state index in [9.17, 15) is 4.79 Å². The minimum Gasteiger partial charge on any atom is -0.299 e. The molecule has 0 fully saturated rings. The fourth-order valence-corrected chi connectivity index (χ4v) is 2.66. The molecule has 3 nitrogen and oxygen atoms in total. The van der Waals surface area contributed by atoms with Gasteiger partial charge < -0.3 is 0 Å². The van der Waals surface area contributed by atoms with Crippen LogP contribution in [0.3, 0.4) is 0 Å². The smallest absolute Gasteiger partial charge is 0.145 e. The highest BCUT2D eigenvalue weighted by atomic mass is 32.1. The van der Waals surface area contributed by atoms with Gasteiger partial charge in [0.2, 0.25) is 0 Å². The highest BCUT2D eigenvalue weighted by Crippen LogP contribution is 2.28. The normalized spacial score (nSPS) is 13.5. The van der Waals surface area contributed by atoms with Crippen LogP contribution in [0.4, 0.5) is 0 Å². The van der Waals surface area contributed by atoms with Crippen molar-refractivity contribution in [2.45, 2.75) is 46.5 Å². The van der Waals surface area contributed by atoms with Gasteiger partial charge in [-0.1, -0.05) is 27.7 Å². The van der Waals surface area contributed by atoms with Crippen LogP contribution in [0.2, 0.25) is 0 Å². The van der Waals surface area contributed by atoms with E-state index in [1.807, 2.05) is 13.8 Å². The van der Waals surface area contributed by atoms with Gasteiger partial charge in [-0.2, -0.15) is 4.37 Å². The molecule has 15 heavy (non-hydrogen) atoms. The molecular weight excluding hydrogens is 208 g/mol. The summed E-state index contributed by atoms with van der Waals surface area (Å²) in [5, 5.41) is 0.862. The van der Waals surface area contributed by atoms with Gasteiger partial charge in [-0.3, -0.25) is 4.79 Å². The van der Waals surface area contributed by atoms with E-state index < -0.39 is 0 Å². The van der Waals surface area contributed by atoms with Crippen LogP contribution in [0.5, 0.6) is 0 Å². The highest BCUT2D eigenvalue weighted by molar-refractivity contribution is 7.05. The van der Waals surface area contributed by atoms with Crippen LogP contribution in [-0.4, -0.2) is 15.1 Å². The van der Waals surface area contributed by atoms with Crippen molar-refractivity contribution < 1.29 is 4.79 Å². The second kappa shape index (κ2) is 4.84. The maximum absolute atomic E-state index is 11.5. The van der Waals surface area contributed by atoms with Crippen molar-refractivity contribution in [3.05, 3.63) is 10.8 Å². The zero-order valence-electron chi connectivity index (χ0n) is 9.94. The standard InChI is InChI=1S/C11H18N2OS/c1-6(2)9(8(5)14)11-12-10(7(3)4)13-15-11/h6-7,9H,1-5H3. The molecule has 1 unspecified atom stereocenters. The Labute approximate surface area is 95.1 Å². The monoisotopic (exact) mass is 226 g/mol. The van der Waals surface area contributed by atoms with Gasteiger partial charge in [0.25, 0.3) is 0 Å². The molecule has 0 amide bonds. The van der Waals surface area contributed by atoms with Crippen molar-refractivity contribution in [3.63, 3.8) is 0 Å². The van der Waals surface area contributed by atoms with E-state index in [1.165, 1.54) is 11.5 Å². The Morgan fingerprint density at radius 2 is 1.87 bits per heavy atom. The molecule has 1 atom stereocenters. The lowest BCUT2D eigenvalue weighted by Crippen LogP contribution is -2.15. The van der Waals surface area contributed by atoms with Gasteiger partial charge in [-0.25, -0.2) is 4.98 Å². The van der Waals surface area contributed by atoms with Crippen LogP contribution in [0.25, 0.3) is 0 Å². The van der Waals surface area contributed by atoms with E-state index in [4.69, 9.17) is 0 Å². The summed E-state index contributed by atoms with van der Waals surface area (Å²) in [6.45, 7) is 9.83. The predicted octanol–water partition coefficient (Wildman–Crippen LogP) is 2.99. The summed E-state index contributed by atoms with van der Waals surface area (Å²) >= 11 is 1.36. The minimum absolute atomic E-state index is 0.0880. The van der Waals surface area contributed by atoms with Gasteiger partial charge in [0.15, 0.2) is 0 Å². The van der Waals surface area contributed by atoms with Gasteiger partial charge in [0.05, 0.1) is 5.92 Å². The molecule has 0 saturated heterocycles. The predicted molar refractivity (Wildman–Crippen MR) is 62.3 cm³/mol. The number of ketones is 1. The van der Waals surface area contributed by atoms with Crippen LogP contribution in [0.15, 0.2) is 0 Å². The molecular formula is C11H18N2OS. The number of nitrogens with zero attached hydrogens (tertiary/aromatic N) is 2. The molecule has 0 radical (unpaired) electrons. The van der Waals surface area contributed by atoms with Gasteiger partial charge >= 0.3 is 0 Å². The zero-order valence-corrected chi connectivity index (χ0v) is 10.8. The number of carbonyl (C=O) groups is 1. The largest absolute Gasteiger partial charge is 0.299 e. The van der Waals surface area contributed by atoms with Crippen molar-refractivity contribution in [3.8, 4) is 0 Å². The SMILES string of the molecule is CC(=O)C(c1nc(C(C)C)ns1)C(C)C. The first-order valence-electron chi connectivity index (χ1n) is 5.27. The maximum atomic E-state index is 11.5. The van der Waals surface area contributed by atoms with Crippen molar-refractivity contribution in [2.75, 3.05) is 0 Å². The molecule has 0 bridgehead atoms. The van der Waals surface area contributed by atoms with E-state index in [0.717, 1.165) is 10.8 Å². The zero-order chi connectivity index (χ0) is 11.6. The van der Waals surface area contributed by atoms with Gasteiger partial charge in [-0.15, -0.1) is 0 Å². The summed E-state index contributed by atoms with van der Waals surface area (Å²) in [6.07, 6.45) is 0. The Balaban J connectivity index is 2.97. The van der Waals surface area contributed by atoms with Gasteiger partial charge in [0, 0.05) is 5.92 Å². The number of rotatable bonds is 4. The number of carbonyl (C=O) groups excluding carboxylic acids is 1. The first-order chi connectivity index (χ1) is 6.93. The summed E-state index contributed by atoms with van der Waals surface area (Å²) in [5.41, 5.74) is 0. The molecule has 1 aromatic heterocycles. The van der Waals surface area contributed by atoms with E-state index in [0.29, 0.717) is 5.92 Å². The first-order valence-corrected chi connectivity index (χ1v) is 6.04. The Morgan fingerprint density at radius 3 is 2.20 bits per heavy atom. The van der Waals surface area contributed by atoms with Gasteiger partial charge in [-0.05, 0) is 24.4 Å². The van der Waals surface area contributed by atoms with Crippen molar-refractivity contribution in [2.24, 2.45) is 5.92 Å². The number of hydrogen-bond acceptors (Lipinski definition) is 4. The van der Waals surface area contributed by atoms with E-state index in [-0.39, 0.29) is 17.6 Å². The van der Waals surface area contributed by atoms with E-state index in [2.05, 4.69) is 23.2 Å². The molecule has 0 aliphatic heterocycles. The van der Waals surface area contributed by atoms with Crippen LogP contribution < -0.4 is 0 Å². The van der Waals surface area contributed by atoms with Crippen LogP contribution >= 0.6 is 11.5 Å². The lowest BCUT2D eigenvalue weighted by atomic mass is 9.93. The van der Waals surface area contributed by atoms with E-state index in [1.54, 1.807) is 6.92 Å². The molecule has 1 aromatic rings. The Bertz CT molecular complexity index is 344. The summed E-state index contributed by atoms with van der Waals surface area (Å²) in [4.78, 5) is 15.9. The quantitative estimate of drug-likeness (QED) is 0.792. The molecule has 0 aliphatic rings. The summed E-state index contributed by atoms with van der Waals surface area (Å²) < 4.78 is 4.28. The third kappa shape index (κ3) is 2.84. The molecule has 1 heterocycles. The summed E-state index contributed by atoms with van der Waals surface area (Å²) in [6, 6.07) is 0. The Morgan fingerprint density at radius 1 is 1.27 bits per heavy atom. The fourth-order valence-electron chi connectivity index (χ4n) is 1.54. The third-order valence-electron chi connectivity index (χ3n) is 2.34. The molecule has 0 N–H and O–H groups in total. The second-order valence-corrected chi connectivity index (χ2v) is 5.26. The molecule has 0 spiro atoms. The Kier molecular flexibility index (Phi) is 3.97. The van der Waals surface area contributed by atoms with Crippen molar-refractivity contribution in [1.82, 2.24) is 9.36 Å². The summed E-state index contributed by atoms with van der Waals surface area (Å²) in [7, 11) is 0. The Hall–Kier alpha value is -0.770. The average molecular weight is 226 g/mol. The fraction of sp³-hybridized carbons (Fsp3) is 0.727. The van der Waals surface area contributed by atoms with E-state index >= 15 is 0 Å². The second-order valence-electron chi connectivity index (χ2n) is 4.48. The van der Waals surface area contributed by atoms with Gasteiger partial charge in [0.1, 0.15) is 16.6 Å². The lowest BCUT2D eigenvalue weighted by molar-refractivity contribution is -0.119. The molecule has 4 heteroatoms. The number of hydrogen-bond donors (Lipinski definition) is 0. The third-order valence-corrected chi connectivity index (χ3v) is 3.16. The minimum atomic E-state index is -0.0880. The van der Waals surface area contributed by atoms with Crippen LogP contribution in [0.1, 0.15) is 57.3 Å². The number of aromatic nitrogens is 2. The molecule has 84 valence electrons. The van der Waals surface area contributed by atoms with Crippen molar-refractivity contribution >= 4 is 17.3 Å². The number of Topliss-reactive ketones (excluding diaryl/α,β-unsaturated/α-hetero) is 1.